The van der Waals surface area contributed by atoms with E-state index < -0.39 is 6.09 Å². The highest BCUT2D eigenvalue weighted by Crippen LogP contribution is 2.33. The van der Waals surface area contributed by atoms with Crippen LogP contribution < -0.4 is 10.6 Å². The van der Waals surface area contributed by atoms with Gasteiger partial charge in [-0.05, 0) is 47.9 Å². The number of rotatable bonds is 4. The van der Waals surface area contributed by atoms with E-state index in [0.29, 0.717) is 17.3 Å². The van der Waals surface area contributed by atoms with Crippen molar-refractivity contribution < 1.29 is 9.90 Å². The third-order valence-electron chi connectivity index (χ3n) is 4.58. The summed E-state index contributed by atoms with van der Waals surface area (Å²) in [5.74, 6) is 0.311. The Kier molecular flexibility index (Phi) is 4.79. The smallest absolute Gasteiger partial charge is 0.410 e. The molecule has 0 spiro atoms. The minimum atomic E-state index is -1.13. The van der Waals surface area contributed by atoms with Gasteiger partial charge in [0.2, 0.25) is 0 Å². The Morgan fingerprint density at radius 1 is 1.32 bits per heavy atom. The Bertz CT molecular complexity index is 1010. The highest BCUT2D eigenvalue weighted by atomic mass is 35.5. The average Bonchev–Trinajstić information content (AvgIpc) is 3.02. The Balaban J connectivity index is 1.62. The molecule has 2 aliphatic heterocycles. The molecule has 2 aromatic rings. The lowest BCUT2D eigenvalue weighted by molar-refractivity contribution is 0.209. The third kappa shape index (κ3) is 3.87. The van der Waals surface area contributed by atoms with E-state index in [1.165, 1.54) is 0 Å². The largest absolute Gasteiger partial charge is 0.465 e. The number of nitrogens with zero attached hydrogens (tertiary/aromatic N) is 2. The molecule has 3 heterocycles. The number of pyridine rings is 1. The standard InChI is InChI=1S/C21H19ClN4O2/c1-13-11-26-12-15(7-14-5-6-19(23-10-14)25-21(27)28)8-18(20(26)24-13)16-3-2-4-17(22)9-16/h2-6,8-12,20,24H,7H2,1H3,(H,23,25)(H,27,28). The van der Waals surface area contributed by atoms with E-state index in [0.717, 1.165) is 28.0 Å². The van der Waals surface area contributed by atoms with Crippen LogP contribution in [0, 0.1) is 0 Å². The molecule has 6 nitrogen and oxygen atoms in total. The second kappa shape index (κ2) is 7.40. The van der Waals surface area contributed by atoms with Crippen molar-refractivity contribution in [2.24, 2.45) is 0 Å². The van der Waals surface area contributed by atoms with Gasteiger partial charge in [0, 0.05) is 41.3 Å². The molecule has 1 aromatic heterocycles. The van der Waals surface area contributed by atoms with Crippen molar-refractivity contribution in [2.75, 3.05) is 5.32 Å². The van der Waals surface area contributed by atoms with Crippen molar-refractivity contribution >= 4 is 29.1 Å². The minimum absolute atomic E-state index is 0.0440. The quantitative estimate of drug-likeness (QED) is 0.714. The van der Waals surface area contributed by atoms with Gasteiger partial charge in [0.15, 0.2) is 0 Å². The van der Waals surface area contributed by atoms with Gasteiger partial charge in [0.1, 0.15) is 12.0 Å². The van der Waals surface area contributed by atoms with E-state index in [-0.39, 0.29) is 6.17 Å². The van der Waals surface area contributed by atoms with Gasteiger partial charge < -0.3 is 15.3 Å². The van der Waals surface area contributed by atoms with Crippen LogP contribution in [-0.2, 0) is 6.42 Å². The molecular weight excluding hydrogens is 376 g/mol. The maximum Gasteiger partial charge on any atom is 0.410 e. The number of benzene rings is 1. The van der Waals surface area contributed by atoms with E-state index in [1.807, 2.05) is 31.2 Å². The SMILES string of the molecule is CC1=CN2C=C(Cc3ccc(NC(=O)O)nc3)C=C(c3cccc(Cl)c3)C2N1. The van der Waals surface area contributed by atoms with Gasteiger partial charge in [0.25, 0.3) is 0 Å². The van der Waals surface area contributed by atoms with Crippen molar-refractivity contribution in [1.29, 1.82) is 0 Å². The molecule has 3 N–H and O–H groups in total. The Hall–Kier alpha value is -3.25. The van der Waals surface area contributed by atoms with Crippen molar-refractivity contribution in [1.82, 2.24) is 15.2 Å². The van der Waals surface area contributed by atoms with Crippen LogP contribution in [0.15, 0.2) is 72.3 Å². The number of hydrogen-bond donors (Lipinski definition) is 3. The molecule has 1 amide bonds. The molecule has 1 aromatic carbocycles. The Morgan fingerprint density at radius 3 is 2.89 bits per heavy atom. The fourth-order valence-electron chi connectivity index (χ4n) is 3.44. The fraction of sp³-hybridized carbons (Fsp3) is 0.143. The molecule has 142 valence electrons. The van der Waals surface area contributed by atoms with E-state index in [9.17, 15) is 4.79 Å². The number of halogens is 1. The molecule has 2 aliphatic rings. The summed E-state index contributed by atoms with van der Waals surface area (Å²) in [7, 11) is 0. The number of fused-ring (bicyclic) bond motifs is 1. The maximum absolute atomic E-state index is 10.7. The van der Waals surface area contributed by atoms with Crippen LogP contribution >= 0.6 is 11.6 Å². The van der Waals surface area contributed by atoms with Crippen LogP contribution in [0.5, 0.6) is 0 Å². The third-order valence-corrected chi connectivity index (χ3v) is 4.82. The minimum Gasteiger partial charge on any atom is -0.465 e. The Morgan fingerprint density at radius 2 is 2.18 bits per heavy atom. The number of allylic oxidation sites excluding steroid dienone is 3. The van der Waals surface area contributed by atoms with Crippen molar-refractivity contribution in [3.05, 3.63) is 88.5 Å². The summed E-state index contributed by atoms with van der Waals surface area (Å²) in [5, 5.41) is 15.2. The molecule has 0 fully saturated rings. The Labute approximate surface area is 167 Å². The fourth-order valence-corrected chi connectivity index (χ4v) is 3.63. The molecule has 4 rings (SSSR count). The number of carbonyl (C=O) groups is 1. The summed E-state index contributed by atoms with van der Waals surface area (Å²) < 4.78 is 0. The van der Waals surface area contributed by atoms with Gasteiger partial charge in [-0.15, -0.1) is 0 Å². The monoisotopic (exact) mass is 394 g/mol. The van der Waals surface area contributed by atoms with Crippen molar-refractivity contribution in [2.45, 2.75) is 19.5 Å². The number of aromatic nitrogens is 1. The average molecular weight is 395 g/mol. The molecule has 0 bridgehead atoms. The number of carboxylic acid groups (broad SMARTS) is 1. The summed E-state index contributed by atoms with van der Waals surface area (Å²) in [6.45, 7) is 2.04. The van der Waals surface area contributed by atoms with Gasteiger partial charge in [-0.25, -0.2) is 9.78 Å². The molecule has 28 heavy (non-hydrogen) atoms. The van der Waals surface area contributed by atoms with Gasteiger partial charge in [-0.3, -0.25) is 5.32 Å². The summed E-state index contributed by atoms with van der Waals surface area (Å²) in [4.78, 5) is 17.0. The van der Waals surface area contributed by atoms with Crippen LogP contribution in [0.25, 0.3) is 5.57 Å². The lowest BCUT2D eigenvalue weighted by Crippen LogP contribution is -2.36. The van der Waals surface area contributed by atoms with Crippen molar-refractivity contribution in [3.63, 3.8) is 0 Å². The van der Waals surface area contributed by atoms with Crippen LogP contribution in [0.3, 0.4) is 0 Å². The van der Waals surface area contributed by atoms with Gasteiger partial charge in [-0.1, -0.05) is 29.8 Å². The highest BCUT2D eigenvalue weighted by Gasteiger charge is 2.28. The summed E-state index contributed by atoms with van der Waals surface area (Å²) in [5.41, 5.74) is 5.43. The van der Waals surface area contributed by atoms with E-state index in [2.05, 4.69) is 45.1 Å². The predicted octanol–water partition coefficient (Wildman–Crippen LogP) is 4.44. The lowest BCUT2D eigenvalue weighted by Gasteiger charge is -2.30. The first kappa shape index (κ1) is 18.1. The zero-order valence-corrected chi connectivity index (χ0v) is 15.9. The summed E-state index contributed by atoms with van der Waals surface area (Å²) in [6.07, 6.45) is 7.66. The zero-order valence-electron chi connectivity index (χ0n) is 15.2. The molecular formula is C21H19ClN4O2. The number of anilines is 1. The molecule has 7 heteroatoms. The number of nitrogens with one attached hydrogen (secondary N) is 2. The number of hydrogen-bond acceptors (Lipinski definition) is 4. The molecule has 0 aliphatic carbocycles. The van der Waals surface area contributed by atoms with Gasteiger partial charge >= 0.3 is 6.09 Å². The first-order valence-corrected chi connectivity index (χ1v) is 9.21. The second-order valence-electron chi connectivity index (χ2n) is 6.78. The number of amides is 1. The second-order valence-corrected chi connectivity index (χ2v) is 7.22. The first-order valence-electron chi connectivity index (χ1n) is 8.83. The predicted molar refractivity (Wildman–Crippen MR) is 110 cm³/mol. The molecule has 1 unspecified atom stereocenters. The maximum atomic E-state index is 10.7. The van der Waals surface area contributed by atoms with Crippen LogP contribution in [-0.4, -0.2) is 27.2 Å². The van der Waals surface area contributed by atoms with Gasteiger partial charge in [-0.2, -0.15) is 0 Å². The topological polar surface area (TPSA) is 77.5 Å². The summed E-state index contributed by atoms with van der Waals surface area (Å²) >= 11 is 6.21. The molecule has 0 saturated carbocycles. The van der Waals surface area contributed by atoms with Crippen LogP contribution in [0.4, 0.5) is 10.6 Å². The molecule has 0 saturated heterocycles. The highest BCUT2D eigenvalue weighted by molar-refractivity contribution is 6.30. The van der Waals surface area contributed by atoms with E-state index >= 15 is 0 Å². The zero-order chi connectivity index (χ0) is 19.7. The summed E-state index contributed by atoms with van der Waals surface area (Å²) in [6, 6.07) is 11.4. The molecule has 0 radical (unpaired) electrons. The van der Waals surface area contributed by atoms with E-state index in [4.69, 9.17) is 16.7 Å². The lowest BCUT2D eigenvalue weighted by atomic mass is 9.95. The van der Waals surface area contributed by atoms with E-state index in [1.54, 1.807) is 12.3 Å². The van der Waals surface area contributed by atoms with Crippen LogP contribution in [0.1, 0.15) is 18.1 Å². The molecule has 1 atom stereocenters. The van der Waals surface area contributed by atoms with Crippen molar-refractivity contribution in [3.8, 4) is 0 Å². The first-order chi connectivity index (χ1) is 13.5. The van der Waals surface area contributed by atoms with Crippen LogP contribution in [0.2, 0.25) is 5.02 Å². The van der Waals surface area contributed by atoms with Gasteiger partial charge in [0.05, 0.1) is 0 Å². The normalized spacial score (nSPS) is 17.9.